The quantitative estimate of drug-likeness (QED) is 0.626. The zero-order chi connectivity index (χ0) is 15.4. The van der Waals surface area contributed by atoms with E-state index >= 15 is 0 Å². The predicted molar refractivity (Wildman–Crippen MR) is 88.0 cm³/mol. The van der Waals surface area contributed by atoms with E-state index in [-0.39, 0.29) is 5.25 Å². The molecule has 0 saturated carbocycles. The van der Waals surface area contributed by atoms with Crippen molar-refractivity contribution in [2.45, 2.75) is 39.4 Å². The van der Waals surface area contributed by atoms with Crippen molar-refractivity contribution in [3.8, 4) is 11.4 Å². The third kappa shape index (κ3) is 4.09. The van der Waals surface area contributed by atoms with Crippen LogP contribution >= 0.6 is 11.5 Å². The van der Waals surface area contributed by atoms with Gasteiger partial charge in [0.05, 0.1) is 11.4 Å². The van der Waals surface area contributed by atoms with Gasteiger partial charge in [0.2, 0.25) is 0 Å². The van der Waals surface area contributed by atoms with Gasteiger partial charge in [-0.1, -0.05) is 11.3 Å². The molecular formula is C14H18N4OS2. The minimum Gasteiger partial charge on any atom is -0.591 e. The van der Waals surface area contributed by atoms with Gasteiger partial charge in [0.25, 0.3) is 0 Å². The number of hydrogen-bond donors (Lipinski definition) is 0. The van der Waals surface area contributed by atoms with Gasteiger partial charge in [-0.2, -0.15) is 4.37 Å². The van der Waals surface area contributed by atoms with Gasteiger partial charge in [-0.15, -0.1) is 0 Å². The standard InChI is InChI=1S/C14H18N4OS2/c1-5-10(3)21(19)18-11(4)14-16-13(17-20-14)12-6-7-15-9(2)8-12/h6-8,10H,5H2,1-4H3/b18-11+. The molecule has 0 aliphatic heterocycles. The Kier molecular flexibility index (Phi) is 5.44. The molecule has 0 aliphatic rings. The summed E-state index contributed by atoms with van der Waals surface area (Å²) < 4.78 is 20.5. The third-order valence-corrected chi connectivity index (χ3v) is 5.34. The molecule has 0 aromatic carbocycles. The molecule has 2 rings (SSSR count). The lowest BCUT2D eigenvalue weighted by Gasteiger charge is -2.09. The van der Waals surface area contributed by atoms with Crippen LogP contribution in [0.25, 0.3) is 11.4 Å². The second-order valence-corrected chi connectivity index (χ2v) is 7.07. The first-order valence-corrected chi connectivity index (χ1v) is 8.68. The van der Waals surface area contributed by atoms with Crippen molar-refractivity contribution in [2.24, 2.45) is 4.40 Å². The first-order chi connectivity index (χ1) is 10.0. The Balaban J connectivity index is 2.21. The maximum Gasteiger partial charge on any atom is 0.173 e. The Morgan fingerprint density at radius 3 is 2.95 bits per heavy atom. The van der Waals surface area contributed by atoms with Gasteiger partial charge in [-0.3, -0.25) is 4.98 Å². The Hall–Kier alpha value is -1.31. The fourth-order valence-electron chi connectivity index (χ4n) is 1.58. The fraction of sp³-hybridized carbons (Fsp3) is 0.429. The Morgan fingerprint density at radius 1 is 1.52 bits per heavy atom. The summed E-state index contributed by atoms with van der Waals surface area (Å²) in [7, 11) is 0. The van der Waals surface area contributed by atoms with Gasteiger partial charge in [-0.05, 0) is 50.9 Å². The molecule has 21 heavy (non-hydrogen) atoms. The molecule has 0 bridgehead atoms. The van der Waals surface area contributed by atoms with Crippen LogP contribution in [0.5, 0.6) is 0 Å². The van der Waals surface area contributed by atoms with Crippen LogP contribution in [0.1, 0.15) is 37.9 Å². The van der Waals surface area contributed by atoms with E-state index in [1.807, 2.05) is 39.8 Å². The summed E-state index contributed by atoms with van der Waals surface area (Å²) in [5, 5.41) is 0.756. The zero-order valence-electron chi connectivity index (χ0n) is 12.5. The van der Waals surface area contributed by atoms with Crippen molar-refractivity contribution in [1.29, 1.82) is 0 Å². The number of nitrogens with zero attached hydrogens (tertiary/aromatic N) is 4. The molecule has 0 aliphatic carbocycles. The van der Waals surface area contributed by atoms with E-state index in [4.69, 9.17) is 0 Å². The van der Waals surface area contributed by atoms with Gasteiger partial charge in [0.1, 0.15) is 11.0 Å². The monoisotopic (exact) mass is 322 g/mol. The van der Waals surface area contributed by atoms with E-state index in [0.29, 0.717) is 16.5 Å². The van der Waals surface area contributed by atoms with Gasteiger partial charge < -0.3 is 4.55 Å². The Bertz CT molecular complexity index is 641. The first kappa shape index (κ1) is 16.1. The smallest absolute Gasteiger partial charge is 0.173 e. The minimum atomic E-state index is -1.22. The molecule has 0 saturated heterocycles. The minimum absolute atomic E-state index is 0.0511. The number of aromatic nitrogens is 3. The molecular weight excluding hydrogens is 304 g/mol. The average molecular weight is 322 g/mol. The van der Waals surface area contributed by atoms with E-state index in [1.165, 1.54) is 11.5 Å². The maximum atomic E-state index is 12.0. The first-order valence-electron chi connectivity index (χ1n) is 6.74. The molecule has 0 spiro atoms. The molecule has 0 amide bonds. The summed E-state index contributed by atoms with van der Waals surface area (Å²) in [5.41, 5.74) is 2.52. The topological polar surface area (TPSA) is 74.1 Å². The van der Waals surface area contributed by atoms with Crippen LogP contribution in [0.15, 0.2) is 22.7 Å². The predicted octanol–water partition coefficient (Wildman–Crippen LogP) is 3.18. The molecule has 0 N–H and O–H groups in total. The molecule has 0 radical (unpaired) electrons. The zero-order valence-corrected chi connectivity index (χ0v) is 14.2. The second-order valence-electron chi connectivity index (χ2n) is 4.78. The molecule has 2 unspecified atom stereocenters. The van der Waals surface area contributed by atoms with Crippen LogP contribution < -0.4 is 0 Å². The van der Waals surface area contributed by atoms with Crippen LogP contribution in [0.4, 0.5) is 0 Å². The van der Waals surface area contributed by atoms with Gasteiger partial charge in [0, 0.05) is 17.5 Å². The highest BCUT2D eigenvalue weighted by molar-refractivity contribution is 7.90. The summed E-state index contributed by atoms with van der Waals surface area (Å²) in [5.74, 6) is 0.657. The highest BCUT2D eigenvalue weighted by atomic mass is 32.2. The fourth-order valence-corrected chi connectivity index (χ4v) is 3.08. The van der Waals surface area contributed by atoms with E-state index in [2.05, 4.69) is 18.7 Å². The molecule has 2 aromatic heterocycles. The van der Waals surface area contributed by atoms with Crippen molar-refractivity contribution in [3.63, 3.8) is 0 Å². The lowest BCUT2D eigenvalue weighted by atomic mass is 10.2. The Morgan fingerprint density at radius 2 is 2.29 bits per heavy atom. The van der Waals surface area contributed by atoms with Crippen LogP contribution in [0.3, 0.4) is 0 Å². The number of hydrogen-bond acceptors (Lipinski definition) is 6. The van der Waals surface area contributed by atoms with E-state index in [0.717, 1.165) is 17.7 Å². The number of rotatable bonds is 5. The van der Waals surface area contributed by atoms with Crippen LogP contribution in [0.2, 0.25) is 0 Å². The van der Waals surface area contributed by atoms with E-state index in [9.17, 15) is 4.55 Å². The van der Waals surface area contributed by atoms with Crippen LogP contribution in [0, 0.1) is 6.92 Å². The maximum absolute atomic E-state index is 12.0. The molecule has 5 nitrogen and oxygen atoms in total. The van der Waals surface area contributed by atoms with Crippen LogP contribution in [-0.4, -0.2) is 29.9 Å². The van der Waals surface area contributed by atoms with Crippen LogP contribution in [-0.2, 0) is 11.4 Å². The lowest BCUT2D eigenvalue weighted by molar-refractivity contribution is 0.582. The molecule has 2 atom stereocenters. The summed E-state index contributed by atoms with van der Waals surface area (Å²) in [4.78, 5) is 8.63. The lowest BCUT2D eigenvalue weighted by Crippen LogP contribution is -2.15. The van der Waals surface area contributed by atoms with Crippen molar-refractivity contribution >= 4 is 28.6 Å². The normalized spacial score (nSPS) is 15.0. The highest BCUT2D eigenvalue weighted by Crippen LogP contribution is 2.19. The van der Waals surface area contributed by atoms with Crippen molar-refractivity contribution in [1.82, 2.24) is 14.3 Å². The summed E-state index contributed by atoms with van der Waals surface area (Å²) in [6.45, 7) is 7.68. The average Bonchev–Trinajstić information content (AvgIpc) is 2.96. The van der Waals surface area contributed by atoms with Gasteiger partial charge in [-0.25, -0.2) is 4.98 Å². The third-order valence-electron chi connectivity index (χ3n) is 3.04. The SMILES string of the molecule is CCC(C)[S+]([O-])/N=C(\C)c1nc(-c2ccnc(C)c2)ns1. The van der Waals surface area contributed by atoms with Crippen molar-refractivity contribution in [2.75, 3.05) is 0 Å². The molecule has 112 valence electrons. The van der Waals surface area contributed by atoms with E-state index in [1.54, 1.807) is 6.20 Å². The number of aryl methyl sites for hydroxylation is 1. The van der Waals surface area contributed by atoms with E-state index < -0.39 is 11.4 Å². The van der Waals surface area contributed by atoms with Crippen molar-refractivity contribution < 1.29 is 4.55 Å². The summed E-state index contributed by atoms with van der Waals surface area (Å²) in [6.07, 6.45) is 2.57. The summed E-state index contributed by atoms with van der Waals surface area (Å²) >= 11 is 0.0555. The highest BCUT2D eigenvalue weighted by Gasteiger charge is 2.17. The van der Waals surface area contributed by atoms with Crippen molar-refractivity contribution in [3.05, 3.63) is 29.0 Å². The second kappa shape index (κ2) is 7.11. The largest absolute Gasteiger partial charge is 0.591 e. The van der Waals surface area contributed by atoms with Gasteiger partial charge >= 0.3 is 0 Å². The molecule has 7 heteroatoms. The number of pyridine rings is 1. The summed E-state index contributed by atoms with van der Waals surface area (Å²) in [6, 6.07) is 3.82. The Labute approximate surface area is 132 Å². The van der Waals surface area contributed by atoms with Gasteiger partial charge in [0.15, 0.2) is 10.8 Å². The molecule has 2 aromatic rings. The molecule has 2 heterocycles. The molecule has 0 fully saturated rings.